The number of nitrogens with zero attached hydrogens (tertiary/aromatic N) is 2. The van der Waals surface area contributed by atoms with E-state index in [1.165, 1.54) is 26.1 Å². The molecule has 1 heterocycles. The summed E-state index contributed by atoms with van der Waals surface area (Å²) in [6, 6.07) is 0.652. The Morgan fingerprint density at radius 2 is 2.00 bits per heavy atom. The first kappa shape index (κ1) is 13.9. The van der Waals surface area contributed by atoms with Crippen molar-refractivity contribution >= 4 is 0 Å². The Balaban J connectivity index is 2.37. The summed E-state index contributed by atoms with van der Waals surface area (Å²) in [4.78, 5) is 5.08. The molecule has 0 aromatic heterocycles. The molecule has 96 valence electrons. The zero-order valence-electron chi connectivity index (χ0n) is 11.7. The fraction of sp³-hybridized carbons (Fsp3) is 1.00. The molecule has 0 spiro atoms. The quantitative estimate of drug-likeness (QED) is 0.716. The van der Waals surface area contributed by atoms with Crippen LogP contribution in [-0.2, 0) is 0 Å². The Kier molecular flexibility index (Phi) is 5.22. The monoisotopic (exact) mass is 227 g/mol. The van der Waals surface area contributed by atoms with Crippen molar-refractivity contribution in [2.24, 2.45) is 0 Å². The molecule has 0 saturated carbocycles. The minimum Gasteiger partial charge on any atom is -0.315 e. The molecule has 1 fully saturated rings. The molecule has 1 unspecified atom stereocenters. The lowest BCUT2D eigenvalue weighted by molar-refractivity contribution is 0.0208. The van der Waals surface area contributed by atoms with Crippen LogP contribution in [0.3, 0.4) is 0 Å². The molecule has 1 atom stereocenters. The van der Waals surface area contributed by atoms with Gasteiger partial charge in [-0.15, -0.1) is 0 Å². The lowest BCUT2D eigenvalue weighted by atomic mass is 9.98. The van der Waals surface area contributed by atoms with Gasteiger partial charge in [0, 0.05) is 37.8 Å². The Bertz CT molecular complexity index is 203. The van der Waals surface area contributed by atoms with Gasteiger partial charge in [-0.1, -0.05) is 6.92 Å². The average Bonchev–Trinajstić information content (AvgIpc) is 2.22. The first-order valence-electron chi connectivity index (χ1n) is 6.63. The number of piperazine rings is 1. The number of hydrogen-bond acceptors (Lipinski definition) is 3. The Labute approximate surface area is 101 Å². The van der Waals surface area contributed by atoms with Crippen molar-refractivity contribution in [1.82, 2.24) is 15.1 Å². The molecule has 0 aromatic rings. The van der Waals surface area contributed by atoms with E-state index in [1.807, 2.05) is 0 Å². The van der Waals surface area contributed by atoms with E-state index in [2.05, 4.69) is 49.9 Å². The van der Waals surface area contributed by atoms with Gasteiger partial charge in [0.25, 0.3) is 0 Å². The van der Waals surface area contributed by atoms with Crippen LogP contribution in [0.15, 0.2) is 0 Å². The molecule has 0 aliphatic carbocycles. The standard InChI is InChI=1S/C13H29N3/c1-6-7-14-10-12(2)16-9-8-15(5)13(3,4)11-16/h12,14H,6-11H2,1-5H3. The third kappa shape index (κ3) is 3.72. The van der Waals surface area contributed by atoms with E-state index in [4.69, 9.17) is 0 Å². The summed E-state index contributed by atoms with van der Waals surface area (Å²) >= 11 is 0. The predicted octanol–water partition coefficient (Wildman–Crippen LogP) is 1.40. The van der Waals surface area contributed by atoms with E-state index >= 15 is 0 Å². The first-order chi connectivity index (χ1) is 7.47. The topological polar surface area (TPSA) is 18.5 Å². The fourth-order valence-electron chi connectivity index (χ4n) is 2.27. The zero-order chi connectivity index (χ0) is 12.2. The summed E-state index contributed by atoms with van der Waals surface area (Å²) in [6.45, 7) is 15.1. The number of hydrogen-bond donors (Lipinski definition) is 1. The highest BCUT2D eigenvalue weighted by molar-refractivity contribution is 4.90. The Hall–Kier alpha value is -0.120. The molecule has 0 radical (unpaired) electrons. The van der Waals surface area contributed by atoms with Gasteiger partial charge >= 0.3 is 0 Å². The largest absolute Gasteiger partial charge is 0.315 e. The van der Waals surface area contributed by atoms with Crippen LogP contribution in [0.5, 0.6) is 0 Å². The molecule has 0 aromatic carbocycles. The molecular formula is C13H29N3. The van der Waals surface area contributed by atoms with Crippen LogP contribution in [0.4, 0.5) is 0 Å². The summed E-state index contributed by atoms with van der Waals surface area (Å²) in [5, 5.41) is 3.52. The second kappa shape index (κ2) is 5.99. The molecular weight excluding hydrogens is 198 g/mol. The van der Waals surface area contributed by atoms with E-state index in [-0.39, 0.29) is 0 Å². The van der Waals surface area contributed by atoms with Crippen molar-refractivity contribution in [3.8, 4) is 0 Å². The van der Waals surface area contributed by atoms with Gasteiger partial charge in [-0.05, 0) is 40.8 Å². The SMILES string of the molecule is CCCNCC(C)N1CCN(C)C(C)(C)C1. The highest BCUT2D eigenvalue weighted by Crippen LogP contribution is 2.20. The zero-order valence-corrected chi connectivity index (χ0v) is 11.7. The van der Waals surface area contributed by atoms with Crippen molar-refractivity contribution in [2.45, 2.75) is 45.7 Å². The van der Waals surface area contributed by atoms with Crippen LogP contribution in [0, 0.1) is 0 Å². The van der Waals surface area contributed by atoms with Crippen molar-refractivity contribution in [2.75, 3.05) is 39.8 Å². The molecule has 3 heteroatoms. The van der Waals surface area contributed by atoms with Gasteiger partial charge in [0.15, 0.2) is 0 Å². The first-order valence-corrected chi connectivity index (χ1v) is 6.63. The van der Waals surface area contributed by atoms with Crippen LogP contribution in [0.25, 0.3) is 0 Å². The highest BCUT2D eigenvalue weighted by atomic mass is 15.3. The second-order valence-corrected chi connectivity index (χ2v) is 5.76. The fourth-order valence-corrected chi connectivity index (χ4v) is 2.27. The Morgan fingerprint density at radius 1 is 1.31 bits per heavy atom. The summed E-state index contributed by atoms with van der Waals surface area (Å²) in [7, 11) is 2.23. The minimum atomic E-state index is 0.317. The van der Waals surface area contributed by atoms with Crippen molar-refractivity contribution in [3.63, 3.8) is 0 Å². The summed E-state index contributed by atoms with van der Waals surface area (Å²) < 4.78 is 0. The number of rotatable bonds is 5. The summed E-state index contributed by atoms with van der Waals surface area (Å²) in [5.74, 6) is 0. The van der Waals surface area contributed by atoms with Gasteiger partial charge < -0.3 is 5.32 Å². The molecule has 1 aliphatic rings. The average molecular weight is 227 g/mol. The van der Waals surface area contributed by atoms with Crippen molar-refractivity contribution in [1.29, 1.82) is 0 Å². The van der Waals surface area contributed by atoms with Gasteiger partial charge in [0.2, 0.25) is 0 Å². The highest BCUT2D eigenvalue weighted by Gasteiger charge is 2.32. The minimum absolute atomic E-state index is 0.317. The lowest BCUT2D eigenvalue weighted by Crippen LogP contribution is -2.60. The van der Waals surface area contributed by atoms with Crippen LogP contribution >= 0.6 is 0 Å². The number of nitrogens with one attached hydrogen (secondary N) is 1. The molecule has 16 heavy (non-hydrogen) atoms. The van der Waals surface area contributed by atoms with E-state index in [9.17, 15) is 0 Å². The predicted molar refractivity (Wildman–Crippen MR) is 70.9 cm³/mol. The van der Waals surface area contributed by atoms with E-state index in [0.717, 1.165) is 13.1 Å². The van der Waals surface area contributed by atoms with Gasteiger partial charge in [0.1, 0.15) is 0 Å². The van der Waals surface area contributed by atoms with E-state index < -0.39 is 0 Å². The van der Waals surface area contributed by atoms with E-state index in [1.54, 1.807) is 0 Å². The third-order valence-corrected chi connectivity index (χ3v) is 3.84. The van der Waals surface area contributed by atoms with Crippen molar-refractivity contribution < 1.29 is 0 Å². The summed E-state index contributed by atoms with van der Waals surface area (Å²) in [5.41, 5.74) is 0.317. The molecule has 3 nitrogen and oxygen atoms in total. The molecule has 1 rings (SSSR count). The van der Waals surface area contributed by atoms with Crippen LogP contribution in [-0.4, -0.2) is 61.2 Å². The molecule has 0 bridgehead atoms. The van der Waals surface area contributed by atoms with Crippen LogP contribution < -0.4 is 5.32 Å². The Morgan fingerprint density at radius 3 is 2.56 bits per heavy atom. The van der Waals surface area contributed by atoms with E-state index in [0.29, 0.717) is 11.6 Å². The maximum atomic E-state index is 3.52. The molecule has 1 saturated heterocycles. The maximum absolute atomic E-state index is 3.52. The van der Waals surface area contributed by atoms with Crippen molar-refractivity contribution in [3.05, 3.63) is 0 Å². The maximum Gasteiger partial charge on any atom is 0.0277 e. The summed E-state index contributed by atoms with van der Waals surface area (Å²) in [6.07, 6.45) is 1.22. The second-order valence-electron chi connectivity index (χ2n) is 5.76. The molecule has 0 amide bonds. The smallest absolute Gasteiger partial charge is 0.0277 e. The normalized spacial score (nSPS) is 24.6. The van der Waals surface area contributed by atoms with Crippen LogP contribution in [0.1, 0.15) is 34.1 Å². The van der Waals surface area contributed by atoms with Gasteiger partial charge in [-0.2, -0.15) is 0 Å². The van der Waals surface area contributed by atoms with Gasteiger partial charge in [0.05, 0.1) is 0 Å². The van der Waals surface area contributed by atoms with Gasteiger partial charge in [-0.3, -0.25) is 9.80 Å². The van der Waals surface area contributed by atoms with Crippen LogP contribution in [0.2, 0.25) is 0 Å². The molecule has 1 aliphatic heterocycles. The molecule has 1 N–H and O–H groups in total. The van der Waals surface area contributed by atoms with Gasteiger partial charge in [-0.25, -0.2) is 0 Å². The lowest BCUT2D eigenvalue weighted by Gasteiger charge is -2.47. The third-order valence-electron chi connectivity index (χ3n) is 3.84. The number of likely N-dealkylation sites (N-methyl/N-ethyl adjacent to an activating group) is 1.